The largest absolute Gasteiger partial charge is 0.476 e. The monoisotopic (exact) mass is 503 g/mol. The molecule has 0 aromatic heterocycles. The van der Waals surface area contributed by atoms with E-state index in [1.165, 1.54) is 9.80 Å². The molecule has 2 heterocycles. The number of nitrogens with zero attached hydrogens (tertiary/aromatic N) is 3. The average Bonchev–Trinajstić information content (AvgIpc) is 2.80. The topological polar surface area (TPSA) is 117 Å². The van der Waals surface area contributed by atoms with E-state index in [1.807, 2.05) is 20.8 Å². The molecule has 0 saturated carbocycles. The third kappa shape index (κ3) is 5.57. The Kier molecular flexibility index (Phi) is 8.15. The van der Waals surface area contributed by atoms with Crippen LogP contribution in [-0.4, -0.2) is 82.7 Å². The summed E-state index contributed by atoms with van der Waals surface area (Å²) in [7, 11) is 0. The Morgan fingerprint density at radius 2 is 1.97 bits per heavy atom. The van der Waals surface area contributed by atoms with Crippen molar-refractivity contribution in [3.63, 3.8) is 0 Å². The number of likely N-dealkylation sites (tertiary alicyclic amines) is 1. The SMILES string of the molecule is CCC(=O)OCCN1C(=O)C(C)(C)Oc2cc(C)c(C(=O)N(C(C)C)[C@@H]3CCCN(C(=O)O)C3)cc21. The molecule has 1 saturated heterocycles. The smallest absolute Gasteiger partial charge is 0.407 e. The van der Waals surface area contributed by atoms with Crippen molar-refractivity contribution in [2.45, 2.75) is 78.5 Å². The number of rotatable bonds is 7. The van der Waals surface area contributed by atoms with E-state index in [2.05, 4.69) is 0 Å². The lowest BCUT2D eigenvalue weighted by Gasteiger charge is -2.41. The molecule has 198 valence electrons. The van der Waals surface area contributed by atoms with Crippen molar-refractivity contribution < 1.29 is 33.8 Å². The van der Waals surface area contributed by atoms with Crippen LogP contribution in [0, 0.1) is 6.92 Å². The molecule has 36 heavy (non-hydrogen) atoms. The number of esters is 1. The van der Waals surface area contributed by atoms with Gasteiger partial charge in [0.25, 0.3) is 11.8 Å². The van der Waals surface area contributed by atoms with Gasteiger partial charge in [-0.1, -0.05) is 6.92 Å². The maximum absolute atomic E-state index is 13.9. The van der Waals surface area contributed by atoms with Crippen molar-refractivity contribution in [1.29, 1.82) is 0 Å². The number of piperidine rings is 1. The first-order valence-electron chi connectivity index (χ1n) is 12.5. The van der Waals surface area contributed by atoms with E-state index in [0.29, 0.717) is 42.0 Å². The lowest BCUT2D eigenvalue weighted by molar-refractivity contribution is -0.143. The highest BCUT2D eigenvalue weighted by molar-refractivity contribution is 6.05. The van der Waals surface area contributed by atoms with Gasteiger partial charge in [0.1, 0.15) is 12.4 Å². The number of ether oxygens (including phenoxy) is 2. The Hall–Kier alpha value is -3.30. The number of hydrogen-bond acceptors (Lipinski definition) is 6. The molecule has 1 N–H and O–H groups in total. The van der Waals surface area contributed by atoms with Gasteiger partial charge < -0.3 is 29.3 Å². The van der Waals surface area contributed by atoms with Gasteiger partial charge in [-0.05, 0) is 65.2 Å². The van der Waals surface area contributed by atoms with Gasteiger partial charge in [0.15, 0.2) is 5.60 Å². The minimum absolute atomic E-state index is 0.0241. The van der Waals surface area contributed by atoms with E-state index in [-0.39, 0.29) is 56.0 Å². The van der Waals surface area contributed by atoms with Crippen molar-refractivity contribution >= 4 is 29.6 Å². The summed E-state index contributed by atoms with van der Waals surface area (Å²) in [5.74, 6) is -0.404. The lowest BCUT2D eigenvalue weighted by Crippen LogP contribution is -2.54. The molecule has 0 bridgehead atoms. The van der Waals surface area contributed by atoms with Crippen LogP contribution in [0.15, 0.2) is 12.1 Å². The van der Waals surface area contributed by atoms with Crippen molar-refractivity contribution in [3.05, 3.63) is 23.3 Å². The summed E-state index contributed by atoms with van der Waals surface area (Å²) in [5, 5.41) is 9.47. The second-order valence-electron chi connectivity index (χ2n) is 10.1. The second-order valence-corrected chi connectivity index (χ2v) is 10.1. The molecule has 1 atom stereocenters. The van der Waals surface area contributed by atoms with Crippen molar-refractivity contribution in [2.24, 2.45) is 0 Å². The predicted octanol–water partition coefficient (Wildman–Crippen LogP) is 3.45. The van der Waals surface area contributed by atoms with Crippen LogP contribution in [0.4, 0.5) is 10.5 Å². The summed E-state index contributed by atoms with van der Waals surface area (Å²) in [6.45, 7) is 11.6. The Morgan fingerprint density at radius 3 is 2.58 bits per heavy atom. The van der Waals surface area contributed by atoms with Crippen LogP contribution in [0.2, 0.25) is 0 Å². The van der Waals surface area contributed by atoms with Gasteiger partial charge in [-0.2, -0.15) is 0 Å². The quantitative estimate of drug-likeness (QED) is 0.567. The molecule has 2 aliphatic heterocycles. The molecule has 1 aromatic rings. The van der Waals surface area contributed by atoms with E-state index in [0.717, 1.165) is 0 Å². The molecule has 0 aliphatic carbocycles. The number of anilines is 1. The van der Waals surface area contributed by atoms with Crippen LogP contribution in [0.3, 0.4) is 0 Å². The molecule has 0 radical (unpaired) electrons. The standard InChI is InChI=1S/C26H37N3O7/c1-7-22(30)35-12-11-28-20-14-19(17(4)13-21(20)36-26(5,6)24(28)32)23(31)29(16(2)3)18-9-8-10-27(15-18)25(33)34/h13-14,16,18H,7-12,15H2,1-6H3,(H,33,34)/t18-/m1/s1. The highest BCUT2D eigenvalue weighted by Gasteiger charge is 2.42. The van der Waals surface area contributed by atoms with Gasteiger partial charge in [-0.3, -0.25) is 14.4 Å². The summed E-state index contributed by atoms with van der Waals surface area (Å²) in [4.78, 5) is 54.8. The van der Waals surface area contributed by atoms with Crippen LogP contribution in [0.25, 0.3) is 0 Å². The minimum Gasteiger partial charge on any atom is -0.476 e. The normalized spacial score (nSPS) is 19.0. The number of carbonyl (C=O) groups excluding carboxylic acids is 3. The van der Waals surface area contributed by atoms with E-state index in [4.69, 9.17) is 9.47 Å². The molecular formula is C26H37N3O7. The van der Waals surface area contributed by atoms with Gasteiger partial charge in [0, 0.05) is 31.1 Å². The Labute approximate surface area is 212 Å². The zero-order chi connectivity index (χ0) is 26.8. The average molecular weight is 504 g/mol. The van der Waals surface area contributed by atoms with E-state index in [1.54, 1.807) is 37.8 Å². The molecule has 10 heteroatoms. The first-order chi connectivity index (χ1) is 16.9. The highest BCUT2D eigenvalue weighted by atomic mass is 16.5. The summed E-state index contributed by atoms with van der Waals surface area (Å²) in [5.41, 5.74) is 0.436. The number of hydrogen-bond donors (Lipinski definition) is 1. The van der Waals surface area contributed by atoms with Crippen molar-refractivity contribution in [1.82, 2.24) is 9.80 Å². The van der Waals surface area contributed by atoms with Crippen LogP contribution < -0.4 is 9.64 Å². The maximum atomic E-state index is 13.9. The van der Waals surface area contributed by atoms with Crippen LogP contribution in [-0.2, 0) is 14.3 Å². The first-order valence-corrected chi connectivity index (χ1v) is 12.5. The number of aryl methyl sites for hydroxylation is 1. The third-order valence-corrected chi connectivity index (χ3v) is 6.67. The summed E-state index contributed by atoms with van der Waals surface area (Å²) in [6, 6.07) is 3.01. The molecule has 1 fully saturated rings. The number of carboxylic acid groups (broad SMARTS) is 1. The maximum Gasteiger partial charge on any atom is 0.407 e. The Morgan fingerprint density at radius 1 is 1.28 bits per heavy atom. The highest BCUT2D eigenvalue weighted by Crippen LogP contribution is 2.40. The van der Waals surface area contributed by atoms with Crippen LogP contribution >= 0.6 is 0 Å². The van der Waals surface area contributed by atoms with Crippen LogP contribution in [0.1, 0.15) is 69.8 Å². The summed E-state index contributed by atoms with van der Waals surface area (Å²) < 4.78 is 11.2. The van der Waals surface area contributed by atoms with E-state index in [9.17, 15) is 24.3 Å². The first kappa shape index (κ1) is 27.3. The zero-order valence-electron chi connectivity index (χ0n) is 22.0. The Bertz CT molecular complexity index is 1040. The van der Waals surface area contributed by atoms with Crippen molar-refractivity contribution in [2.75, 3.05) is 31.1 Å². The summed E-state index contributed by atoms with van der Waals surface area (Å²) in [6.07, 6.45) is 0.641. The second kappa shape index (κ2) is 10.8. The molecule has 0 unspecified atom stereocenters. The minimum atomic E-state index is -1.12. The third-order valence-electron chi connectivity index (χ3n) is 6.67. The summed E-state index contributed by atoms with van der Waals surface area (Å²) >= 11 is 0. The van der Waals surface area contributed by atoms with Gasteiger partial charge in [-0.25, -0.2) is 4.79 Å². The number of amides is 3. The van der Waals surface area contributed by atoms with E-state index < -0.39 is 11.7 Å². The molecule has 3 amide bonds. The molecule has 0 spiro atoms. The fourth-order valence-corrected chi connectivity index (χ4v) is 4.84. The van der Waals surface area contributed by atoms with E-state index >= 15 is 0 Å². The molecule has 3 rings (SSSR count). The fraction of sp³-hybridized carbons (Fsp3) is 0.615. The lowest BCUT2D eigenvalue weighted by atomic mass is 9.97. The Balaban J connectivity index is 1.96. The van der Waals surface area contributed by atoms with Gasteiger partial charge >= 0.3 is 12.1 Å². The van der Waals surface area contributed by atoms with Crippen molar-refractivity contribution in [3.8, 4) is 5.75 Å². The van der Waals surface area contributed by atoms with Gasteiger partial charge in [0.2, 0.25) is 0 Å². The molecule has 2 aliphatic rings. The predicted molar refractivity (Wildman–Crippen MR) is 133 cm³/mol. The fourth-order valence-electron chi connectivity index (χ4n) is 4.84. The zero-order valence-corrected chi connectivity index (χ0v) is 22.0. The number of carbonyl (C=O) groups is 4. The molecular weight excluding hydrogens is 466 g/mol. The van der Waals surface area contributed by atoms with Crippen LogP contribution in [0.5, 0.6) is 5.75 Å². The molecule has 1 aromatic carbocycles. The van der Waals surface area contributed by atoms with Gasteiger partial charge in [-0.15, -0.1) is 0 Å². The number of benzene rings is 1. The molecule has 10 nitrogen and oxygen atoms in total. The number of fused-ring (bicyclic) bond motifs is 1. The van der Waals surface area contributed by atoms with Gasteiger partial charge in [0.05, 0.1) is 18.3 Å².